The molecule has 0 bridgehead atoms. The molecule has 1 aliphatic carbocycles. The highest BCUT2D eigenvalue weighted by atomic mass is 79.9. The summed E-state index contributed by atoms with van der Waals surface area (Å²) in [5, 5.41) is 0.906. The average Bonchev–Trinajstić information content (AvgIpc) is 2.14. The molecule has 1 rings (SSSR count). The van der Waals surface area contributed by atoms with Crippen molar-refractivity contribution < 1.29 is 4.79 Å². The summed E-state index contributed by atoms with van der Waals surface area (Å²) in [7, 11) is 0. The number of alkyl halides is 1. The Morgan fingerprint density at radius 2 is 2.13 bits per heavy atom. The van der Waals surface area contributed by atoms with Crippen molar-refractivity contribution in [2.24, 2.45) is 0 Å². The molecular formula is C12H22BrNO. The lowest BCUT2D eigenvalue weighted by molar-refractivity contribution is -0.135. The molecule has 0 heterocycles. The Kier molecular flexibility index (Phi) is 6.30. The first-order valence-corrected chi connectivity index (χ1v) is 7.27. The first-order chi connectivity index (χ1) is 7.29. The summed E-state index contributed by atoms with van der Waals surface area (Å²) in [6, 6.07) is 0.552. The number of unbranched alkanes of at least 4 members (excludes halogenated alkanes) is 2. The summed E-state index contributed by atoms with van der Waals surface area (Å²) < 4.78 is 0. The normalized spacial score (nSPS) is 16.1. The third kappa shape index (κ3) is 4.13. The number of amides is 1. The van der Waals surface area contributed by atoms with E-state index in [1.54, 1.807) is 0 Å². The zero-order valence-corrected chi connectivity index (χ0v) is 11.3. The molecule has 1 aliphatic rings. The second-order valence-corrected chi connectivity index (χ2v) is 5.11. The molecule has 0 saturated heterocycles. The molecule has 0 radical (unpaired) electrons. The summed E-state index contributed by atoms with van der Waals surface area (Å²) in [6.07, 6.45) is 7.90. The standard InChI is InChI=1S/C12H22BrNO/c1-2-3-4-8-12(15)14(10-9-13)11-6-5-7-11/h11H,2-10H2,1H3. The van der Waals surface area contributed by atoms with Crippen LogP contribution in [0.2, 0.25) is 0 Å². The van der Waals surface area contributed by atoms with Gasteiger partial charge in [0.25, 0.3) is 0 Å². The zero-order chi connectivity index (χ0) is 11.1. The summed E-state index contributed by atoms with van der Waals surface area (Å²) in [4.78, 5) is 14.0. The summed E-state index contributed by atoms with van der Waals surface area (Å²) >= 11 is 3.43. The second kappa shape index (κ2) is 7.26. The largest absolute Gasteiger partial charge is 0.339 e. The number of carbonyl (C=O) groups is 1. The molecule has 0 aromatic heterocycles. The molecule has 0 N–H and O–H groups in total. The van der Waals surface area contributed by atoms with E-state index in [2.05, 4.69) is 27.8 Å². The third-order valence-electron chi connectivity index (χ3n) is 3.16. The van der Waals surface area contributed by atoms with Crippen molar-refractivity contribution in [3.8, 4) is 0 Å². The lowest BCUT2D eigenvalue weighted by Crippen LogP contribution is -2.45. The maximum atomic E-state index is 11.9. The third-order valence-corrected chi connectivity index (χ3v) is 3.51. The van der Waals surface area contributed by atoms with Crippen molar-refractivity contribution in [1.82, 2.24) is 4.90 Å². The molecule has 0 aliphatic heterocycles. The topological polar surface area (TPSA) is 20.3 Å². The molecule has 0 unspecified atom stereocenters. The van der Waals surface area contributed by atoms with E-state index < -0.39 is 0 Å². The molecule has 15 heavy (non-hydrogen) atoms. The SMILES string of the molecule is CCCCCC(=O)N(CCBr)C1CCC1. The van der Waals surface area contributed by atoms with Crippen molar-refractivity contribution in [3.05, 3.63) is 0 Å². The summed E-state index contributed by atoms with van der Waals surface area (Å²) in [5.74, 6) is 0.368. The fraction of sp³-hybridized carbons (Fsp3) is 0.917. The number of hydrogen-bond donors (Lipinski definition) is 0. The Labute approximate surface area is 102 Å². The van der Waals surface area contributed by atoms with Gasteiger partial charge in [0, 0.05) is 24.3 Å². The van der Waals surface area contributed by atoms with E-state index in [-0.39, 0.29) is 0 Å². The van der Waals surface area contributed by atoms with Gasteiger partial charge in [-0.3, -0.25) is 4.79 Å². The van der Waals surface area contributed by atoms with Crippen molar-refractivity contribution in [2.75, 3.05) is 11.9 Å². The van der Waals surface area contributed by atoms with Gasteiger partial charge >= 0.3 is 0 Å². The van der Waals surface area contributed by atoms with Gasteiger partial charge in [0.15, 0.2) is 0 Å². The van der Waals surface area contributed by atoms with Gasteiger partial charge in [0.1, 0.15) is 0 Å². The molecule has 1 saturated carbocycles. The van der Waals surface area contributed by atoms with Crippen LogP contribution in [-0.4, -0.2) is 28.7 Å². The second-order valence-electron chi connectivity index (χ2n) is 4.32. The van der Waals surface area contributed by atoms with Crippen LogP contribution in [0.1, 0.15) is 51.9 Å². The minimum absolute atomic E-state index is 0.368. The van der Waals surface area contributed by atoms with Crippen LogP contribution in [0, 0.1) is 0 Å². The fourth-order valence-corrected chi connectivity index (χ4v) is 2.35. The highest BCUT2D eigenvalue weighted by molar-refractivity contribution is 9.09. The monoisotopic (exact) mass is 275 g/mol. The van der Waals surface area contributed by atoms with E-state index in [9.17, 15) is 4.79 Å². The van der Waals surface area contributed by atoms with E-state index in [1.807, 2.05) is 0 Å². The highest BCUT2D eigenvalue weighted by Gasteiger charge is 2.27. The van der Waals surface area contributed by atoms with Crippen LogP contribution in [0.4, 0.5) is 0 Å². The lowest BCUT2D eigenvalue weighted by Gasteiger charge is -2.37. The molecule has 0 aromatic carbocycles. The maximum absolute atomic E-state index is 11.9. The predicted octanol–water partition coefficient (Wildman–Crippen LogP) is 3.34. The van der Waals surface area contributed by atoms with E-state index in [0.29, 0.717) is 11.9 Å². The molecule has 88 valence electrons. The van der Waals surface area contributed by atoms with Crippen molar-refractivity contribution in [1.29, 1.82) is 0 Å². The molecule has 2 nitrogen and oxygen atoms in total. The van der Waals surface area contributed by atoms with Crippen molar-refractivity contribution in [2.45, 2.75) is 57.9 Å². The Morgan fingerprint density at radius 3 is 2.60 bits per heavy atom. The smallest absolute Gasteiger partial charge is 0.222 e. The Hall–Kier alpha value is -0.0500. The summed E-state index contributed by atoms with van der Waals surface area (Å²) in [5.41, 5.74) is 0. The number of carbonyl (C=O) groups excluding carboxylic acids is 1. The van der Waals surface area contributed by atoms with E-state index in [0.717, 1.165) is 24.7 Å². The number of hydrogen-bond acceptors (Lipinski definition) is 1. The van der Waals surface area contributed by atoms with Gasteiger partial charge in [0.2, 0.25) is 5.91 Å². The lowest BCUT2D eigenvalue weighted by atomic mass is 9.91. The van der Waals surface area contributed by atoms with Crippen molar-refractivity contribution >= 4 is 21.8 Å². The van der Waals surface area contributed by atoms with Crippen LogP contribution in [0.5, 0.6) is 0 Å². The van der Waals surface area contributed by atoms with Crippen LogP contribution in [0.3, 0.4) is 0 Å². The van der Waals surface area contributed by atoms with Crippen molar-refractivity contribution in [3.63, 3.8) is 0 Å². The van der Waals surface area contributed by atoms with Gasteiger partial charge in [-0.05, 0) is 25.7 Å². The minimum atomic E-state index is 0.368. The number of rotatable bonds is 7. The Bertz CT molecular complexity index is 192. The van der Waals surface area contributed by atoms with Gasteiger partial charge in [-0.2, -0.15) is 0 Å². The highest BCUT2D eigenvalue weighted by Crippen LogP contribution is 2.25. The fourth-order valence-electron chi connectivity index (χ4n) is 1.97. The van der Waals surface area contributed by atoms with E-state index >= 15 is 0 Å². The van der Waals surface area contributed by atoms with Crippen LogP contribution in [0.15, 0.2) is 0 Å². The Balaban J connectivity index is 2.29. The molecule has 1 amide bonds. The molecular weight excluding hydrogens is 254 g/mol. The molecule has 0 aromatic rings. The first-order valence-electron chi connectivity index (χ1n) is 6.15. The van der Waals surface area contributed by atoms with Gasteiger partial charge in [-0.25, -0.2) is 0 Å². The van der Waals surface area contributed by atoms with Gasteiger partial charge in [-0.15, -0.1) is 0 Å². The molecule has 1 fully saturated rings. The van der Waals surface area contributed by atoms with Gasteiger partial charge in [-0.1, -0.05) is 35.7 Å². The first kappa shape index (κ1) is 13.0. The average molecular weight is 276 g/mol. The summed E-state index contributed by atoms with van der Waals surface area (Å²) in [6.45, 7) is 3.06. The van der Waals surface area contributed by atoms with Gasteiger partial charge < -0.3 is 4.90 Å². The van der Waals surface area contributed by atoms with E-state index in [4.69, 9.17) is 0 Å². The van der Waals surface area contributed by atoms with Crippen LogP contribution in [-0.2, 0) is 4.79 Å². The molecule has 3 heteroatoms. The molecule has 0 atom stereocenters. The zero-order valence-electron chi connectivity index (χ0n) is 9.67. The number of halogens is 1. The van der Waals surface area contributed by atoms with Crippen LogP contribution >= 0.6 is 15.9 Å². The Morgan fingerprint density at radius 1 is 1.40 bits per heavy atom. The molecule has 0 spiro atoms. The van der Waals surface area contributed by atoms with Crippen LogP contribution in [0.25, 0.3) is 0 Å². The maximum Gasteiger partial charge on any atom is 0.222 e. The van der Waals surface area contributed by atoms with Crippen LogP contribution < -0.4 is 0 Å². The minimum Gasteiger partial charge on any atom is -0.339 e. The van der Waals surface area contributed by atoms with E-state index in [1.165, 1.54) is 32.1 Å². The van der Waals surface area contributed by atoms with Gasteiger partial charge in [0.05, 0.1) is 0 Å². The predicted molar refractivity (Wildman–Crippen MR) is 67.3 cm³/mol. The quantitative estimate of drug-likeness (QED) is 0.516. The number of nitrogens with zero attached hydrogens (tertiary/aromatic N) is 1.